The van der Waals surface area contributed by atoms with E-state index in [1.165, 1.54) is 22.9 Å². The molecule has 0 bridgehead atoms. The molecule has 0 radical (unpaired) electrons. The number of amides is 2. The van der Waals surface area contributed by atoms with E-state index >= 15 is 0 Å². The molecule has 0 spiro atoms. The second-order valence-corrected chi connectivity index (χ2v) is 19.0. The van der Waals surface area contributed by atoms with Crippen molar-refractivity contribution in [2.75, 3.05) is 44.3 Å². The molecule has 356 valence electrons. The van der Waals surface area contributed by atoms with Gasteiger partial charge in [0, 0.05) is 67.1 Å². The topological polar surface area (TPSA) is 169 Å². The summed E-state index contributed by atoms with van der Waals surface area (Å²) in [5.41, 5.74) is 6.78. The zero-order chi connectivity index (χ0) is 47.6. The van der Waals surface area contributed by atoms with Gasteiger partial charge in [-0.3, -0.25) is 23.9 Å². The number of alkyl halides is 3. The molecule has 3 fully saturated rings. The van der Waals surface area contributed by atoms with Crippen molar-refractivity contribution in [1.82, 2.24) is 29.3 Å². The highest BCUT2D eigenvalue weighted by Gasteiger charge is 2.34. The minimum atomic E-state index is -4.53. The number of nitrogens with two attached hydrogens (primary N) is 1. The van der Waals surface area contributed by atoms with Gasteiger partial charge in [0.1, 0.15) is 17.4 Å². The van der Waals surface area contributed by atoms with E-state index in [4.69, 9.17) is 22.1 Å². The summed E-state index contributed by atoms with van der Waals surface area (Å²) in [5.74, 6) is 3.14. The number of anilines is 2. The molecule has 13 nitrogen and oxygen atoms in total. The van der Waals surface area contributed by atoms with Gasteiger partial charge in [-0.05, 0) is 137 Å². The summed E-state index contributed by atoms with van der Waals surface area (Å²) in [7, 11) is 1.63. The van der Waals surface area contributed by atoms with E-state index in [1.807, 2.05) is 17.0 Å². The first-order valence-electron chi connectivity index (χ1n) is 23.3. The lowest BCUT2D eigenvalue weighted by Crippen LogP contribution is -2.42. The van der Waals surface area contributed by atoms with Crippen LogP contribution in [-0.4, -0.2) is 74.4 Å². The Labute approximate surface area is 392 Å². The Morgan fingerprint density at radius 1 is 0.896 bits per heavy atom. The third kappa shape index (κ3) is 11.0. The Hall–Kier alpha value is -5.90. The zero-order valence-corrected chi connectivity index (χ0v) is 38.9. The number of nitrogens with zero attached hydrogens (tertiary/aromatic N) is 5. The standard InChI is InChI=1S/C50H58ClF3N8O5/c1-29(36-23-37(50(52,53)54)26-38(55)24-36)56-46-40-27-39(44(67-3)28-42(40)57-30(2)58-46)33-7-9-34(10-8-33)47(64)60-18-13-31(14-19-60)5-4-6-32-15-20-61(21-16-32)48(65)35-11-12-41(51)43(25-35)62-22-17-45(63)59-49(62)66/h11-12,17,22-29,31-34H,4-10,13-16,18-21,55H2,1-3H3,(H,56,57,58)(H,59,63,66)/t29-,33?,34?/m1/s1. The number of halogens is 4. The van der Waals surface area contributed by atoms with E-state index < -0.39 is 29.0 Å². The van der Waals surface area contributed by atoms with Crippen LogP contribution < -0.4 is 27.0 Å². The van der Waals surface area contributed by atoms with E-state index in [2.05, 4.69) is 25.2 Å². The number of methoxy groups -OCH3 is 1. The average molecular weight is 944 g/mol. The molecule has 2 aliphatic heterocycles. The molecule has 2 aromatic heterocycles. The van der Waals surface area contributed by atoms with Crippen LogP contribution in [0.15, 0.2) is 70.4 Å². The van der Waals surface area contributed by atoms with Gasteiger partial charge in [-0.2, -0.15) is 13.2 Å². The van der Waals surface area contributed by atoms with Gasteiger partial charge in [-0.15, -0.1) is 0 Å². The van der Waals surface area contributed by atoms with Gasteiger partial charge in [-0.1, -0.05) is 30.9 Å². The number of piperidine rings is 2. The van der Waals surface area contributed by atoms with Crippen molar-refractivity contribution in [2.45, 2.75) is 103 Å². The fraction of sp³-hybridized carbons (Fsp3) is 0.480. The van der Waals surface area contributed by atoms with Crippen molar-refractivity contribution in [3.63, 3.8) is 0 Å². The van der Waals surface area contributed by atoms with Gasteiger partial charge in [0.15, 0.2) is 0 Å². The van der Waals surface area contributed by atoms with E-state index in [0.717, 1.165) is 107 Å². The predicted molar refractivity (Wildman–Crippen MR) is 253 cm³/mol. The largest absolute Gasteiger partial charge is 0.496 e. The number of H-pyrrole nitrogens is 1. The van der Waals surface area contributed by atoms with E-state index in [1.54, 1.807) is 39.2 Å². The van der Waals surface area contributed by atoms with Gasteiger partial charge in [0.2, 0.25) is 5.91 Å². The van der Waals surface area contributed by atoms with Gasteiger partial charge < -0.3 is 25.6 Å². The summed E-state index contributed by atoms with van der Waals surface area (Å²) in [4.78, 5) is 66.7. The predicted octanol–water partition coefficient (Wildman–Crippen LogP) is 9.45. The monoisotopic (exact) mass is 942 g/mol. The number of rotatable bonds is 12. The highest BCUT2D eigenvalue weighted by Crippen LogP contribution is 2.43. The fourth-order valence-electron chi connectivity index (χ4n) is 10.4. The molecular formula is C50H58ClF3N8O5. The van der Waals surface area contributed by atoms with Gasteiger partial charge in [-0.25, -0.2) is 14.8 Å². The molecule has 3 aliphatic rings. The number of likely N-dealkylation sites (tertiary alicyclic amines) is 2. The number of fused-ring (bicyclic) bond motifs is 1. The van der Waals surface area contributed by atoms with E-state index in [-0.39, 0.29) is 29.3 Å². The van der Waals surface area contributed by atoms with Crippen molar-refractivity contribution < 1.29 is 27.5 Å². The van der Waals surface area contributed by atoms with Crippen LogP contribution in [0.25, 0.3) is 16.6 Å². The first kappa shape index (κ1) is 47.6. The second kappa shape index (κ2) is 20.1. The quantitative estimate of drug-likeness (QED) is 0.103. The lowest BCUT2D eigenvalue weighted by Gasteiger charge is -2.37. The number of hydrogen-bond acceptors (Lipinski definition) is 9. The second-order valence-electron chi connectivity index (χ2n) is 18.6. The molecule has 8 rings (SSSR count). The van der Waals surface area contributed by atoms with Crippen LogP contribution in [0.4, 0.5) is 24.7 Å². The average Bonchev–Trinajstić information content (AvgIpc) is 3.31. The number of nitrogen functional groups attached to an aromatic ring is 1. The molecule has 67 heavy (non-hydrogen) atoms. The fourth-order valence-corrected chi connectivity index (χ4v) is 10.6. The first-order chi connectivity index (χ1) is 32.0. The highest BCUT2D eigenvalue weighted by molar-refractivity contribution is 6.32. The molecule has 2 saturated heterocycles. The molecule has 1 saturated carbocycles. The molecule has 2 amide bonds. The molecular weight excluding hydrogens is 885 g/mol. The molecule has 4 N–H and O–H groups in total. The Kier molecular flexibility index (Phi) is 14.3. The Bertz CT molecular complexity index is 2740. The zero-order valence-electron chi connectivity index (χ0n) is 38.1. The molecule has 5 aromatic rings. The summed E-state index contributed by atoms with van der Waals surface area (Å²) in [6.45, 7) is 6.44. The third-order valence-electron chi connectivity index (χ3n) is 14.2. The maximum atomic E-state index is 13.8. The van der Waals surface area contributed by atoms with Crippen LogP contribution in [0.1, 0.15) is 122 Å². The normalized spacial score (nSPS) is 19.1. The number of ether oxygens (including phenoxy) is 1. The van der Waals surface area contributed by atoms with Gasteiger partial charge in [0.25, 0.3) is 11.5 Å². The maximum absolute atomic E-state index is 13.8. The van der Waals surface area contributed by atoms with Gasteiger partial charge in [0.05, 0.1) is 34.9 Å². The molecule has 3 aromatic carbocycles. The van der Waals surface area contributed by atoms with E-state index in [0.29, 0.717) is 69.7 Å². The molecule has 1 aliphatic carbocycles. The minimum absolute atomic E-state index is 0.0250. The molecule has 1 atom stereocenters. The van der Waals surface area contributed by atoms with E-state index in [9.17, 15) is 32.3 Å². The van der Waals surface area contributed by atoms with Crippen molar-refractivity contribution >= 4 is 45.8 Å². The van der Waals surface area contributed by atoms with Crippen molar-refractivity contribution in [2.24, 2.45) is 17.8 Å². The summed E-state index contributed by atoms with van der Waals surface area (Å²) >= 11 is 6.37. The summed E-state index contributed by atoms with van der Waals surface area (Å²) in [6, 6.07) is 13.0. The summed E-state index contributed by atoms with van der Waals surface area (Å²) in [5, 5.41) is 4.36. The first-order valence-corrected chi connectivity index (χ1v) is 23.7. The van der Waals surface area contributed by atoms with Gasteiger partial charge >= 0.3 is 11.9 Å². The maximum Gasteiger partial charge on any atom is 0.416 e. The number of nitrogens with one attached hydrogen (secondary N) is 2. The number of aromatic nitrogens is 4. The number of aromatic amines is 1. The molecule has 0 unspecified atom stereocenters. The van der Waals surface area contributed by atoms with Crippen LogP contribution in [0.3, 0.4) is 0 Å². The van der Waals surface area contributed by atoms with Crippen LogP contribution >= 0.6 is 11.6 Å². The van der Waals surface area contributed by atoms with Crippen molar-refractivity contribution in [1.29, 1.82) is 0 Å². The summed E-state index contributed by atoms with van der Waals surface area (Å²) in [6.07, 6.45) is 7.27. The number of carbonyl (C=O) groups is 2. The number of benzene rings is 3. The number of carbonyl (C=O) groups excluding carboxylic acids is 2. The lowest BCUT2D eigenvalue weighted by atomic mass is 9.77. The Morgan fingerprint density at radius 3 is 2.21 bits per heavy atom. The van der Waals surface area contributed by atoms with Crippen LogP contribution in [0.2, 0.25) is 5.02 Å². The molecule has 17 heteroatoms. The lowest BCUT2D eigenvalue weighted by molar-refractivity contribution is -0.138. The molecule has 4 heterocycles. The van der Waals surface area contributed by atoms with Crippen LogP contribution in [-0.2, 0) is 11.0 Å². The Balaban J connectivity index is 0.794. The van der Waals surface area contributed by atoms with Crippen LogP contribution in [0, 0.1) is 24.7 Å². The smallest absolute Gasteiger partial charge is 0.416 e. The van der Waals surface area contributed by atoms with Crippen LogP contribution in [0.5, 0.6) is 5.75 Å². The highest BCUT2D eigenvalue weighted by atomic mass is 35.5. The Morgan fingerprint density at radius 2 is 1.57 bits per heavy atom. The number of hydrogen-bond donors (Lipinski definition) is 3. The summed E-state index contributed by atoms with van der Waals surface area (Å²) < 4.78 is 47.9. The van der Waals surface area contributed by atoms with Crippen molar-refractivity contribution in [3.8, 4) is 11.4 Å². The SMILES string of the molecule is COc1cc2nc(C)nc(N[C@H](C)c3cc(N)cc(C(F)(F)F)c3)c2cc1C1CCC(C(=O)N2CCC(CCCC3CCN(C(=O)c4ccc(Cl)c(-n5ccc(=O)[nH]c5=O)c4)CC3)CC2)CC1. The minimum Gasteiger partial charge on any atom is -0.496 e. The number of aryl methyl sites for hydroxylation is 1. The van der Waals surface area contributed by atoms with Crippen molar-refractivity contribution in [3.05, 3.63) is 115 Å². The third-order valence-corrected chi connectivity index (χ3v) is 14.5.